The van der Waals surface area contributed by atoms with Crippen molar-refractivity contribution in [1.29, 1.82) is 0 Å². The summed E-state index contributed by atoms with van der Waals surface area (Å²) in [5, 5.41) is 8.77. The maximum Gasteiger partial charge on any atom is 0.116 e. The highest BCUT2D eigenvalue weighted by molar-refractivity contribution is 7.11. The van der Waals surface area contributed by atoms with E-state index in [9.17, 15) is 0 Å². The van der Waals surface area contributed by atoms with Crippen LogP contribution in [0.15, 0.2) is 42.6 Å². The van der Waals surface area contributed by atoms with Gasteiger partial charge in [0.2, 0.25) is 0 Å². The Bertz CT molecular complexity index is 1020. The van der Waals surface area contributed by atoms with Crippen molar-refractivity contribution in [3.05, 3.63) is 48.3 Å². The van der Waals surface area contributed by atoms with Crippen molar-refractivity contribution in [3.8, 4) is 22.5 Å². The van der Waals surface area contributed by atoms with E-state index >= 15 is 0 Å². The number of hydrogen-bond donors (Lipinski definition) is 2. The van der Waals surface area contributed by atoms with Gasteiger partial charge >= 0.3 is 0 Å². The molecule has 3 aromatic heterocycles. The molecule has 0 atom stereocenters. The third-order valence-corrected chi connectivity index (χ3v) is 4.73. The standard InChI is InChI=1S/C18H17N5S/c1-10(2)13-4-3-5-15(21-13)16-17(23-24-18(16)19)11-6-7-14-12(8-11)9-20-22-14/h3-10H,19H2,1-2H3,(H,20,22). The van der Waals surface area contributed by atoms with Crippen LogP contribution in [0.3, 0.4) is 0 Å². The number of pyridine rings is 1. The Kier molecular flexibility index (Phi) is 3.54. The molecule has 0 bridgehead atoms. The Morgan fingerprint density at radius 3 is 2.88 bits per heavy atom. The molecule has 3 N–H and O–H groups in total. The van der Waals surface area contributed by atoms with Crippen molar-refractivity contribution in [2.75, 3.05) is 5.73 Å². The molecule has 0 radical (unpaired) electrons. The minimum atomic E-state index is 0.364. The fourth-order valence-corrected chi connectivity index (χ4v) is 3.43. The first-order chi connectivity index (χ1) is 11.6. The molecule has 0 aliphatic carbocycles. The molecule has 0 unspecified atom stereocenters. The summed E-state index contributed by atoms with van der Waals surface area (Å²) in [5.41, 5.74) is 11.9. The van der Waals surface area contributed by atoms with Crippen molar-refractivity contribution in [3.63, 3.8) is 0 Å². The van der Waals surface area contributed by atoms with Gasteiger partial charge < -0.3 is 5.73 Å². The summed E-state index contributed by atoms with van der Waals surface area (Å²) in [6.45, 7) is 4.27. The molecule has 4 rings (SSSR count). The van der Waals surface area contributed by atoms with E-state index in [1.165, 1.54) is 11.5 Å². The third-order valence-electron chi connectivity index (χ3n) is 4.05. The third kappa shape index (κ3) is 2.45. The summed E-state index contributed by atoms with van der Waals surface area (Å²) in [6.07, 6.45) is 1.81. The number of nitrogens with zero attached hydrogens (tertiary/aromatic N) is 3. The lowest BCUT2D eigenvalue weighted by molar-refractivity contribution is 0.825. The molecular weight excluding hydrogens is 318 g/mol. The quantitative estimate of drug-likeness (QED) is 0.579. The van der Waals surface area contributed by atoms with Gasteiger partial charge in [-0.3, -0.25) is 10.1 Å². The lowest BCUT2D eigenvalue weighted by Gasteiger charge is -2.08. The van der Waals surface area contributed by atoms with Gasteiger partial charge in [-0.05, 0) is 41.7 Å². The maximum absolute atomic E-state index is 6.23. The average molecular weight is 335 g/mol. The minimum absolute atomic E-state index is 0.364. The largest absolute Gasteiger partial charge is 0.389 e. The molecule has 5 nitrogen and oxygen atoms in total. The molecule has 120 valence electrons. The number of anilines is 1. The predicted molar refractivity (Wildman–Crippen MR) is 98.9 cm³/mol. The highest BCUT2D eigenvalue weighted by Crippen LogP contribution is 2.38. The lowest BCUT2D eigenvalue weighted by Crippen LogP contribution is -1.96. The van der Waals surface area contributed by atoms with Gasteiger partial charge in [0.25, 0.3) is 0 Å². The van der Waals surface area contributed by atoms with E-state index in [4.69, 9.17) is 10.7 Å². The number of nitrogens with two attached hydrogens (primary N) is 1. The molecule has 0 aliphatic heterocycles. The molecule has 4 aromatic rings. The second kappa shape index (κ2) is 5.72. The fourth-order valence-electron chi connectivity index (χ4n) is 2.75. The van der Waals surface area contributed by atoms with Crippen molar-refractivity contribution in [2.45, 2.75) is 19.8 Å². The summed E-state index contributed by atoms with van der Waals surface area (Å²) < 4.78 is 4.57. The molecule has 0 saturated heterocycles. The zero-order chi connectivity index (χ0) is 16.7. The summed E-state index contributed by atoms with van der Waals surface area (Å²) in [7, 11) is 0. The first kappa shape index (κ1) is 14.8. The van der Waals surface area contributed by atoms with Gasteiger partial charge in [-0.2, -0.15) is 9.47 Å². The van der Waals surface area contributed by atoms with Gasteiger partial charge in [0.05, 0.1) is 28.7 Å². The van der Waals surface area contributed by atoms with Crippen molar-refractivity contribution >= 4 is 27.4 Å². The summed E-state index contributed by atoms with van der Waals surface area (Å²) >= 11 is 1.31. The molecular formula is C18H17N5S. The van der Waals surface area contributed by atoms with Crippen LogP contribution >= 0.6 is 11.5 Å². The molecule has 0 fully saturated rings. The smallest absolute Gasteiger partial charge is 0.116 e. The van der Waals surface area contributed by atoms with Crippen molar-refractivity contribution in [1.82, 2.24) is 19.6 Å². The molecule has 3 heterocycles. The Hall–Kier alpha value is -2.73. The molecule has 0 amide bonds. The molecule has 24 heavy (non-hydrogen) atoms. The molecule has 0 aliphatic rings. The second-order valence-corrected chi connectivity index (χ2v) is 6.85. The number of nitrogen functional groups attached to an aromatic ring is 1. The number of nitrogens with one attached hydrogen (secondary N) is 1. The predicted octanol–water partition coefficient (Wildman–Crippen LogP) is 4.45. The number of benzene rings is 1. The van der Waals surface area contributed by atoms with Gasteiger partial charge in [-0.1, -0.05) is 26.0 Å². The van der Waals surface area contributed by atoms with Crippen LogP contribution in [0.2, 0.25) is 0 Å². The first-order valence-electron chi connectivity index (χ1n) is 7.79. The summed E-state index contributed by atoms with van der Waals surface area (Å²) in [5.74, 6) is 0.364. The van der Waals surface area contributed by atoms with Crippen LogP contribution in [0.1, 0.15) is 25.5 Å². The van der Waals surface area contributed by atoms with Crippen LogP contribution in [-0.4, -0.2) is 19.6 Å². The van der Waals surface area contributed by atoms with E-state index in [1.54, 1.807) is 0 Å². The monoisotopic (exact) mass is 335 g/mol. The summed E-state index contributed by atoms with van der Waals surface area (Å²) in [6, 6.07) is 12.2. The van der Waals surface area contributed by atoms with E-state index in [0.29, 0.717) is 10.9 Å². The number of aromatic nitrogens is 4. The molecule has 1 aromatic carbocycles. The molecule has 0 spiro atoms. The van der Waals surface area contributed by atoms with Crippen molar-refractivity contribution < 1.29 is 0 Å². The van der Waals surface area contributed by atoms with Gasteiger partial charge in [-0.25, -0.2) is 0 Å². The number of fused-ring (bicyclic) bond motifs is 1. The van der Waals surface area contributed by atoms with Gasteiger partial charge in [0, 0.05) is 16.6 Å². The fraction of sp³-hybridized carbons (Fsp3) is 0.167. The lowest BCUT2D eigenvalue weighted by atomic mass is 10.0. The molecule has 0 saturated carbocycles. The number of rotatable bonds is 3. The number of hydrogen-bond acceptors (Lipinski definition) is 5. The average Bonchev–Trinajstić information content (AvgIpc) is 3.20. The van der Waals surface area contributed by atoms with Crippen LogP contribution in [0, 0.1) is 0 Å². The van der Waals surface area contributed by atoms with Crippen LogP contribution in [0.4, 0.5) is 5.00 Å². The second-order valence-electron chi connectivity index (χ2n) is 6.04. The zero-order valence-electron chi connectivity index (χ0n) is 13.4. The highest BCUT2D eigenvalue weighted by Gasteiger charge is 2.18. The van der Waals surface area contributed by atoms with Crippen LogP contribution in [-0.2, 0) is 0 Å². The Morgan fingerprint density at radius 1 is 1.17 bits per heavy atom. The van der Waals surface area contributed by atoms with Crippen molar-refractivity contribution in [2.24, 2.45) is 0 Å². The summed E-state index contributed by atoms with van der Waals surface area (Å²) in [4.78, 5) is 4.78. The van der Waals surface area contributed by atoms with E-state index < -0.39 is 0 Å². The van der Waals surface area contributed by atoms with Crippen LogP contribution in [0.5, 0.6) is 0 Å². The van der Waals surface area contributed by atoms with E-state index in [2.05, 4.69) is 34.5 Å². The van der Waals surface area contributed by atoms with E-state index in [0.717, 1.165) is 39.1 Å². The molecule has 6 heteroatoms. The first-order valence-corrected chi connectivity index (χ1v) is 8.57. The highest BCUT2D eigenvalue weighted by atomic mass is 32.1. The number of H-pyrrole nitrogens is 1. The Morgan fingerprint density at radius 2 is 2.04 bits per heavy atom. The minimum Gasteiger partial charge on any atom is -0.389 e. The van der Waals surface area contributed by atoms with E-state index in [1.807, 2.05) is 36.5 Å². The van der Waals surface area contributed by atoms with Crippen LogP contribution < -0.4 is 5.73 Å². The van der Waals surface area contributed by atoms with Gasteiger partial charge in [0.1, 0.15) is 5.00 Å². The van der Waals surface area contributed by atoms with Gasteiger partial charge in [0.15, 0.2) is 0 Å². The van der Waals surface area contributed by atoms with Crippen LogP contribution in [0.25, 0.3) is 33.4 Å². The SMILES string of the molecule is CC(C)c1cccc(-c2c(-c3ccc4[nH]ncc4c3)nsc2N)n1. The zero-order valence-corrected chi connectivity index (χ0v) is 14.3. The number of aromatic amines is 1. The van der Waals surface area contributed by atoms with Gasteiger partial charge in [-0.15, -0.1) is 0 Å². The Balaban J connectivity index is 1.88. The van der Waals surface area contributed by atoms with E-state index in [-0.39, 0.29) is 0 Å². The maximum atomic E-state index is 6.23. The topological polar surface area (TPSA) is 80.5 Å². The normalized spacial score (nSPS) is 11.5. The Labute approximate surface area is 143 Å².